The van der Waals surface area contributed by atoms with Crippen LogP contribution in [0.15, 0.2) is 76.6 Å². The summed E-state index contributed by atoms with van der Waals surface area (Å²) < 4.78 is 7.26. The van der Waals surface area contributed by atoms with Crippen molar-refractivity contribution in [2.45, 2.75) is 6.61 Å². The molecule has 2 aromatic heterocycles. The zero-order chi connectivity index (χ0) is 23.7. The van der Waals surface area contributed by atoms with E-state index in [2.05, 4.69) is 15.0 Å². The minimum Gasteiger partial charge on any atom is -0.494 e. The number of pyridine rings is 1. The normalized spacial score (nSPS) is 13.3. The fourth-order valence-electron chi connectivity index (χ4n) is 3.55. The van der Waals surface area contributed by atoms with Crippen molar-refractivity contribution in [2.24, 2.45) is 4.99 Å². The Hall–Kier alpha value is -4.01. The monoisotopic (exact) mass is 488 g/mol. The van der Waals surface area contributed by atoms with Crippen molar-refractivity contribution in [3.8, 4) is 17.4 Å². The summed E-state index contributed by atoms with van der Waals surface area (Å²) in [4.78, 5) is 24.0. The van der Waals surface area contributed by atoms with E-state index < -0.39 is 5.56 Å². The van der Waals surface area contributed by atoms with E-state index in [0.717, 1.165) is 11.1 Å². The predicted molar refractivity (Wildman–Crippen MR) is 135 cm³/mol. The van der Waals surface area contributed by atoms with Gasteiger partial charge in [-0.1, -0.05) is 41.9 Å². The Morgan fingerprint density at radius 3 is 2.68 bits per heavy atom. The summed E-state index contributed by atoms with van der Waals surface area (Å²) in [5.41, 5.74) is 3.10. The van der Waals surface area contributed by atoms with Crippen molar-refractivity contribution >= 4 is 47.4 Å². The van der Waals surface area contributed by atoms with Crippen LogP contribution >= 0.6 is 23.8 Å². The number of rotatable bonds is 5. The molecule has 1 aliphatic heterocycles. The summed E-state index contributed by atoms with van der Waals surface area (Å²) in [5, 5.41) is 11.5. The summed E-state index contributed by atoms with van der Waals surface area (Å²) in [6, 6.07) is 18.3. The third-order valence-corrected chi connectivity index (χ3v) is 5.78. The van der Waals surface area contributed by atoms with Gasteiger partial charge in [0.25, 0.3) is 5.56 Å². The third kappa shape index (κ3) is 4.28. The van der Waals surface area contributed by atoms with Gasteiger partial charge in [-0.05, 0) is 48.1 Å². The highest BCUT2D eigenvalue weighted by molar-refractivity contribution is 7.71. The number of aromatic amines is 1. The maximum atomic E-state index is 12.7. The van der Waals surface area contributed by atoms with E-state index in [9.17, 15) is 9.90 Å². The number of fused-ring (bicyclic) bond motifs is 1. The lowest BCUT2D eigenvalue weighted by atomic mass is 10.1. The number of allylic oxidation sites excluding steroid dienone is 1. The molecule has 4 aromatic rings. The maximum absolute atomic E-state index is 12.7. The quantitative estimate of drug-likeness (QED) is 0.363. The number of aliphatic imine (C=N–C) groups is 1. The molecular weight excluding hydrogens is 472 g/mol. The smallest absolute Gasteiger partial charge is 0.262 e. The molecule has 9 heteroatoms. The number of hydrogen-bond donors (Lipinski definition) is 2. The van der Waals surface area contributed by atoms with Crippen molar-refractivity contribution in [3.63, 3.8) is 0 Å². The Bertz CT molecular complexity index is 1560. The first kappa shape index (κ1) is 21.8. The van der Waals surface area contributed by atoms with E-state index in [4.69, 9.17) is 28.6 Å². The molecule has 2 aromatic carbocycles. The number of halogens is 1. The number of nitrogens with one attached hydrogen (secondary N) is 1. The Balaban J connectivity index is 1.51. The number of hydrogen-bond acceptors (Lipinski definition) is 6. The largest absolute Gasteiger partial charge is 0.494 e. The van der Waals surface area contributed by atoms with Crippen molar-refractivity contribution in [3.05, 3.63) is 104 Å². The zero-order valence-electron chi connectivity index (χ0n) is 17.6. The van der Waals surface area contributed by atoms with Crippen molar-refractivity contribution in [1.29, 1.82) is 0 Å². The fraction of sp³-hybridized carbons (Fsp3) is 0.0400. The van der Waals surface area contributed by atoms with Crippen LogP contribution in [0, 0.1) is 4.77 Å². The molecule has 3 heterocycles. The lowest BCUT2D eigenvalue weighted by Crippen LogP contribution is -2.16. The highest BCUT2D eigenvalue weighted by Crippen LogP contribution is 2.35. The van der Waals surface area contributed by atoms with Crippen LogP contribution < -0.4 is 10.3 Å². The molecule has 0 bridgehead atoms. The van der Waals surface area contributed by atoms with Crippen LogP contribution in [0.4, 0.5) is 5.69 Å². The van der Waals surface area contributed by atoms with Gasteiger partial charge in [0.1, 0.15) is 12.2 Å². The van der Waals surface area contributed by atoms with Gasteiger partial charge in [0.05, 0.1) is 17.6 Å². The topological polar surface area (TPSA) is 92.5 Å². The predicted octanol–water partition coefficient (Wildman–Crippen LogP) is 5.48. The molecule has 0 amide bonds. The van der Waals surface area contributed by atoms with E-state index in [1.807, 2.05) is 30.3 Å². The summed E-state index contributed by atoms with van der Waals surface area (Å²) in [7, 11) is 0. The molecule has 5 rings (SSSR count). The fourth-order valence-corrected chi connectivity index (χ4v) is 3.96. The molecule has 168 valence electrons. The number of aromatic nitrogens is 3. The molecule has 0 saturated carbocycles. The van der Waals surface area contributed by atoms with Crippen LogP contribution in [0.25, 0.3) is 17.3 Å². The van der Waals surface area contributed by atoms with Gasteiger partial charge in [-0.25, -0.2) is 4.98 Å². The highest BCUT2D eigenvalue weighted by atomic mass is 35.5. The van der Waals surface area contributed by atoms with Gasteiger partial charge in [0, 0.05) is 28.4 Å². The highest BCUT2D eigenvalue weighted by Gasteiger charge is 2.18. The second-order valence-corrected chi connectivity index (χ2v) is 8.30. The number of benzene rings is 2. The Kier molecular flexibility index (Phi) is 5.83. The summed E-state index contributed by atoms with van der Waals surface area (Å²) in [6.45, 7) is 0.369. The third-order valence-electron chi connectivity index (χ3n) is 5.25. The van der Waals surface area contributed by atoms with E-state index in [1.165, 1.54) is 4.57 Å². The molecule has 2 N–H and O–H groups in total. The lowest BCUT2D eigenvalue weighted by molar-refractivity contribution is 0.294. The van der Waals surface area contributed by atoms with Gasteiger partial charge in [-0.15, -0.1) is 0 Å². The average molecular weight is 489 g/mol. The molecule has 7 nitrogen and oxygen atoms in total. The van der Waals surface area contributed by atoms with Crippen molar-refractivity contribution < 1.29 is 9.84 Å². The Labute approximate surface area is 204 Å². The SMILES string of the molecule is O=c1[nH]c(=S)n(-c2ccc(Cl)cc2)c(O)c1C=C1C=Nc2cnc(OCc3ccccc3)cc21. The standard InChI is InChI=1S/C25H17ClN4O3S/c26-17-6-8-18(9-7-17)30-24(32)20(23(31)29-25(30)34)10-16-12-27-21-13-28-22(11-19(16)21)33-14-15-4-2-1-3-5-15/h1-13,32H,14H2,(H,29,31,34). The van der Waals surface area contributed by atoms with Gasteiger partial charge in [-0.2, -0.15) is 0 Å². The molecule has 34 heavy (non-hydrogen) atoms. The second-order valence-electron chi connectivity index (χ2n) is 7.48. The van der Waals surface area contributed by atoms with Crippen LogP contribution in [0.3, 0.4) is 0 Å². The summed E-state index contributed by atoms with van der Waals surface area (Å²) in [5.74, 6) is 0.134. The first-order valence-corrected chi connectivity index (χ1v) is 11.1. The minimum atomic E-state index is -0.517. The van der Waals surface area contributed by atoms with Crippen LogP contribution in [0.2, 0.25) is 5.02 Å². The van der Waals surface area contributed by atoms with Crippen LogP contribution in [0.5, 0.6) is 11.8 Å². The average Bonchev–Trinajstić information content (AvgIpc) is 3.24. The first-order valence-electron chi connectivity index (χ1n) is 10.3. The van der Waals surface area contributed by atoms with E-state index in [-0.39, 0.29) is 16.2 Å². The molecule has 0 radical (unpaired) electrons. The zero-order valence-corrected chi connectivity index (χ0v) is 19.2. The second kappa shape index (κ2) is 9.09. The van der Waals surface area contributed by atoms with Crippen molar-refractivity contribution in [1.82, 2.24) is 14.5 Å². The maximum Gasteiger partial charge on any atom is 0.262 e. The minimum absolute atomic E-state index is 0.0430. The molecule has 1 aliphatic rings. The molecule has 0 fully saturated rings. The first-order chi connectivity index (χ1) is 16.5. The number of H-pyrrole nitrogens is 1. The number of nitrogens with zero attached hydrogens (tertiary/aromatic N) is 3. The van der Waals surface area contributed by atoms with Gasteiger partial charge >= 0.3 is 0 Å². The van der Waals surface area contributed by atoms with Crippen molar-refractivity contribution in [2.75, 3.05) is 0 Å². The summed E-state index contributed by atoms with van der Waals surface area (Å²) >= 11 is 11.2. The molecule has 0 aliphatic carbocycles. The van der Waals surface area contributed by atoms with Gasteiger partial charge in [0.15, 0.2) is 4.77 Å². The van der Waals surface area contributed by atoms with Crippen LogP contribution in [-0.2, 0) is 6.61 Å². The van der Waals surface area contributed by atoms with Gasteiger partial charge in [0.2, 0.25) is 11.8 Å². The van der Waals surface area contributed by atoms with E-state index in [0.29, 0.717) is 34.5 Å². The summed E-state index contributed by atoms with van der Waals surface area (Å²) in [6.07, 6.45) is 4.78. The molecular formula is C25H17ClN4O3S. The lowest BCUT2D eigenvalue weighted by Gasteiger charge is -2.12. The van der Waals surface area contributed by atoms with Crippen LogP contribution in [0.1, 0.15) is 16.7 Å². The van der Waals surface area contributed by atoms with Gasteiger partial charge < -0.3 is 9.84 Å². The molecule has 0 saturated heterocycles. The van der Waals surface area contributed by atoms with Crippen LogP contribution in [-0.4, -0.2) is 25.9 Å². The van der Waals surface area contributed by atoms with E-state index >= 15 is 0 Å². The molecule has 0 atom stereocenters. The molecule has 0 spiro atoms. The Morgan fingerprint density at radius 1 is 1.15 bits per heavy atom. The van der Waals surface area contributed by atoms with Gasteiger partial charge in [-0.3, -0.25) is 19.3 Å². The molecule has 0 unspecified atom stereocenters. The Morgan fingerprint density at radius 2 is 1.91 bits per heavy atom. The number of ether oxygens (including phenoxy) is 1. The number of aromatic hydroxyl groups is 1. The van der Waals surface area contributed by atoms with E-state index in [1.54, 1.807) is 48.8 Å².